The van der Waals surface area contributed by atoms with Gasteiger partial charge in [-0.05, 0) is 36.5 Å². The maximum Gasteiger partial charge on any atom is 0.244 e. The van der Waals surface area contributed by atoms with Gasteiger partial charge in [-0.1, -0.05) is 15.9 Å². The Hall–Kier alpha value is -1.16. The number of fused-ring (bicyclic) bond motifs is 1. The van der Waals surface area contributed by atoms with Crippen molar-refractivity contribution in [3.63, 3.8) is 0 Å². The van der Waals surface area contributed by atoms with E-state index < -0.39 is 0 Å². The third kappa shape index (κ3) is 1.40. The van der Waals surface area contributed by atoms with Crippen molar-refractivity contribution >= 4 is 32.7 Å². The van der Waals surface area contributed by atoms with E-state index in [-0.39, 0.29) is 5.91 Å². The van der Waals surface area contributed by atoms with E-state index >= 15 is 0 Å². The lowest BCUT2D eigenvalue weighted by atomic mass is 10.1. The second kappa shape index (κ2) is 3.42. The minimum absolute atomic E-state index is 0.0425. The highest BCUT2D eigenvalue weighted by molar-refractivity contribution is 9.10. The van der Waals surface area contributed by atoms with Gasteiger partial charge in [0.2, 0.25) is 5.91 Å². The maximum atomic E-state index is 11.4. The van der Waals surface area contributed by atoms with Crippen molar-refractivity contribution in [3.8, 4) is 0 Å². The minimum Gasteiger partial charge on any atom is -0.273 e. The van der Waals surface area contributed by atoms with Gasteiger partial charge in [0.1, 0.15) is 0 Å². The number of nitrogens with zero attached hydrogens (tertiary/aromatic N) is 2. The first-order valence-electron chi connectivity index (χ1n) is 5.35. The number of hydrogen-bond acceptors (Lipinski definition) is 2. The van der Waals surface area contributed by atoms with Gasteiger partial charge in [0, 0.05) is 16.8 Å². The molecule has 1 saturated carbocycles. The molecule has 0 bridgehead atoms. The highest BCUT2D eigenvalue weighted by Crippen LogP contribution is 2.46. The monoisotopic (exact) mass is 278 g/mol. The fraction of sp³-hybridized carbons (Fsp3) is 0.333. The lowest BCUT2D eigenvalue weighted by Crippen LogP contribution is -2.06. The molecular formula is C12H11BrN2O. The minimum atomic E-state index is -0.0425. The zero-order chi connectivity index (χ0) is 11.3. The van der Waals surface area contributed by atoms with E-state index in [0.717, 1.165) is 15.4 Å². The zero-order valence-electron chi connectivity index (χ0n) is 8.90. The average molecular weight is 279 g/mol. The van der Waals surface area contributed by atoms with Gasteiger partial charge < -0.3 is 0 Å². The van der Waals surface area contributed by atoms with E-state index in [9.17, 15) is 4.79 Å². The molecule has 3 nitrogen and oxygen atoms in total. The largest absolute Gasteiger partial charge is 0.273 e. The molecule has 0 amide bonds. The smallest absolute Gasteiger partial charge is 0.244 e. The Labute approximate surface area is 102 Å². The molecule has 0 saturated heterocycles. The van der Waals surface area contributed by atoms with E-state index in [1.54, 1.807) is 6.20 Å². The van der Waals surface area contributed by atoms with Gasteiger partial charge in [-0.2, -0.15) is 5.10 Å². The number of carbonyl (C=O) groups excluding carboxylic acids is 1. The Bertz CT molecular complexity index is 584. The molecule has 82 valence electrons. The van der Waals surface area contributed by atoms with Crippen molar-refractivity contribution in [2.24, 2.45) is 0 Å². The SMILES string of the molecule is CC(=O)n1ncc2c(C3CC3)c(Br)ccc21. The number of benzene rings is 1. The first-order valence-corrected chi connectivity index (χ1v) is 6.15. The Kier molecular flexibility index (Phi) is 2.14. The maximum absolute atomic E-state index is 11.4. The van der Waals surface area contributed by atoms with E-state index in [4.69, 9.17) is 0 Å². The molecular weight excluding hydrogens is 268 g/mol. The van der Waals surface area contributed by atoms with Gasteiger partial charge in [-0.15, -0.1) is 0 Å². The first-order chi connectivity index (χ1) is 7.68. The average Bonchev–Trinajstić information content (AvgIpc) is 2.96. The summed E-state index contributed by atoms with van der Waals surface area (Å²) in [5, 5.41) is 5.26. The number of halogens is 1. The molecule has 1 aromatic carbocycles. The predicted octanol–water partition coefficient (Wildman–Crippen LogP) is 3.34. The quantitative estimate of drug-likeness (QED) is 0.802. The highest BCUT2D eigenvalue weighted by Gasteiger charge is 2.28. The molecule has 0 unspecified atom stereocenters. The molecule has 0 aliphatic heterocycles. The van der Waals surface area contributed by atoms with Crippen LogP contribution in [0.5, 0.6) is 0 Å². The molecule has 1 aliphatic carbocycles. The van der Waals surface area contributed by atoms with E-state index in [1.807, 2.05) is 12.1 Å². The van der Waals surface area contributed by atoms with Crippen molar-refractivity contribution in [3.05, 3.63) is 28.4 Å². The number of aromatic nitrogens is 2. The molecule has 1 fully saturated rings. The summed E-state index contributed by atoms with van der Waals surface area (Å²) in [4.78, 5) is 11.4. The molecule has 3 rings (SSSR count). The van der Waals surface area contributed by atoms with Crippen LogP contribution in [0.1, 0.15) is 36.0 Å². The number of carbonyl (C=O) groups is 1. The van der Waals surface area contributed by atoms with Crippen LogP contribution in [-0.4, -0.2) is 15.7 Å². The predicted molar refractivity (Wildman–Crippen MR) is 65.7 cm³/mol. The van der Waals surface area contributed by atoms with Crippen molar-refractivity contribution in [2.75, 3.05) is 0 Å². The van der Waals surface area contributed by atoms with Crippen molar-refractivity contribution in [1.29, 1.82) is 0 Å². The summed E-state index contributed by atoms with van der Waals surface area (Å²) >= 11 is 3.58. The van der Waals surface area contributed by atoms with Crippen LogP contribution in [0.15, 0.2) is 22.8 Å². The second-order valence-corrected chi connectivity index (χ2v) is 5.10. The summed E-state index contributed by atoms with van der Waals surface area (Å²) in [6.45, 7) is 1.53. The summed E-state index contributed by atoms with van der Waals surface area (Å²) in [6, 6.07) is 3.96. The van der Waals surface area contributed by atoms with Crippen molar-refractivity contribution < 1.29 is 4.79 Å². The van der Waals surface area contributed by atoms with Gasteiger partial charge in [0.15, 0.2) is 0 Å². The Morgan fingerprint density at radius 3 is 2.88 bits per heavy atom. The van der Waals surface area contributed by atoms with Crippen molar-refractivity contribution in [1.82, 2.24) is 9.78 Å². The third-order valence-electron chi connectivity index (χ3n) is 3.03. The lowest BCUT2D eigenvalue weighted by molar-refractivity contribution is 0.0927. The molecule has 0 atom stereocenters. The van der Waals surface area contributed by atoms with Crippen molar-refractivity contribution in [2.45, 2.75) is 25.7 Å². The van der Waals surface area contributed by atoms with Gasteiger partial charge in [-0.3, -0.25) is 4.79 Å². The number of hydrogen-bond donors (Lipinski definition) is 0. The summed E-state index contributed by atoms with van der Waals surface area (Å²) < 4.78 is 2.60. The Morgan fingerprint density at radius 1 is 1.50 bits per heavy atom. The molecule has 0 radical (unpaired) electrons. The summed E-state index contributed by atoms with van der Waals surface area (Å²) in [5.41, 5.74) is 2.22. The Balaban J connectivity index is 2.32. The molecule has 0 spiro atoms. The normalized spacial score (nSPS) is 15.6. The second-order valence-electron chi connectivity index (χ2n) is 4.24. The molecule has 1 heterocycles. The molecule has 1 aliphatic rings. The van der Waals surface area contributed by atoms with Gasteiger partial charge in [0.05, 0.1) is 11.7 Å². The Morgan fingerprint density at radius 2 is 2.25 bits per heavy atom. The molecule has 2 aromatic rings. The van der Waals surface area contributed by atoms with Gasteiger partial charge >= 0.3 is 0 Å². The van der Waals surface area contributed by atoms with Crippen LogP contribution >= 0.6 is 15.9 Å². The van der Waals surface area contributed by atoms with Crippen LogP contribution in [0.3, 0.4) is 0 Å². The van der Waals surface area contributed by atoms with Gasteiger partial charge in [-0.25, -0.2) is 4.68 Å². The van der Waals surface area contributed by atoms with E-state index in [0.29, 0.717) is 5.92 Å². The third-order valence-corrected chi connectivity index (χ3v) is 3.72. The summed E-state index contributed by atoms with van der Waals surface area (Å²) in [5.74, 6) is 0.599. The van der Waals surface area contributed by atoms with E-state index in [2.05, 4.69) is 21.0 Å². The summed E-state index contributed by atoms with van der Waals surface area (Å²) in [7, 11) is 0. The highest BCUT2D eigenvalue weighted by atomic mass is 79.9. The standard InChI is InChI=1S/C12H11BrN2O/c1-7(16)15-11-5-4-10(13)12(8-2-3-8)9(11)6-14-15/h4-6,8H,2-3H2,1H3. The van der Waals surface area contributed by atoms with Crippen LogP contribution in [-0.2, 0) is 0 Å². The molecule has 16 heavy (non-hydrogen) atoms. The van der Waals surface area contributed by atoms with Crippen LogP contribution in [0, 0.1) is 0 Å². The fourth-order valence-corrected chi connectivity index (χ4v) is 2.80. The van der Waals surface area contributed by atoms with Crippen LogP contribution in [0.2, 0.25) is 0 Å². The molecule has 4 heteroatoms. The van der Waals surface area contributed by atoms with Crippen LogP contribution < -0.4 is 0 Å². The fourth-order valence-electron chi connectivity index (χ4n) is 2.13. The van der Waals surface area contributed by atoms with Crippen LogP contribution in [0.25, 0.3) is 10.9 Å². The first kappa shape index (κ1) is 10.0. The molecule has 1 aromatic heterocycles. The van der Waals surface area contributed by atoms with E-state index in [1.165, 1.54) is 30.0 Å². The topological polar surface area (TPSA) is 34.9 Å². The lowest BCUT2D eigenvalue weighted by Gasteiger charge is -2.04. The number of rotatable bonds is 1. The van der Waals surface area contributed by atoms with Crippen LogP contribution in [0.4, 0.5) is 0 Å². The zero-order valence-corrected chi connectivity index (χ0v) is 10.5. The summed E-state index contributed by atoms with van der Waals surface area (Å²) in [6.07, 6.45) is 4.28. The molecule has 0 N–H and O–H groups in total. The van der Waals surface area contributed by atoms with Gasteiger partial charge in [0.25, 0.3) is 0 Å².